The first-order valence-corrected chi connectivity index (χ1v) is 7.38. The van der Waals surface area contributed by atoms with Gasteiger partial charge in [0.15, 0.2) is 0 Å². The van der Waals surface area contributed by atoms with Crippen molar-refractivity contribution in [2.75, 3.05) is 19.6 Å². The summed E-state index contributed by atoms with van der Waals surface area (Å²) < 4.78 is 0. The fraction of sp³-hybridized carbons (Fsp3) is 0.625. The highest BCUT2D eigenvalue weighted by Gasteiger charge is 2.18. The van der Waals surface area contributed by atoms with Gasteiger partial charge in [-0.05, 0) is 63.4 Å². The number of rotatable bonds is 5. The van der Waals surface area contributed by atoms with Gasteiger partial charge < -0.3 is 10.4 Å². The lowest BCUT2D eigenvalue weighted by atomic mass is 9.96. The van der Waals surface area contributed by atoms with Crippen molar-refractivity contribution in [2.45, 2.75) is 39.3 Å². The highest BCUT2D eigenvalue weighted by atomic mass is 16.3. The average Bonchev–Trinajstić information content (AvgIpc) is 2.41. The van der Waals surface area contributed by atoms with Crippen molar-refractivity contribution < 1.29 is 5.11 Å². The molecule has 0 aliphatic carbocycles. The lowest BCUT2D eigenvalue weighted by Gasteiger charge is -2.32. The van der Waals surface area contributed by atoms with E-state index < -0.39 is 0 Å². The van der Waals surface area contributed by atoms with Crippen molar-refractivity contribution in [3.63, 3.8) is 0 Å². The summed E-state index contributed by atoms with van der Waals surface area (Å²) in [4.78, 5) is 2.54. The molecule has 0 spiro atoms. The molecule has 0 saturated carbocycles. The zero-order valence-electron chi connectivity index (χ0n) is 12.1. The molecule has 1 aliphatic rings. The van der Waals surface area contributed by atoms with Crippen LogP contribution in [0.1, 0.15) is 32.3 Å². The van der Waals surface area contributed by atoms with Gasteiger partial charge in [-0.1, -0.05) is 12.1 Å². The Hall–Kier alpha value is -1.06. The van der Waals surface area contributed by atoms with E-state index in [4.69, 9.17) is 0 Å². The Kier molecular flexibility index (Phi) is 5.23. The predicted octanol–water partition coefficient (Wildman–Crippen LogP) is 2.60. The van der Waals surface area contributed by atoms with Gasteiger partial charge in [0.2, 0.25) is 0 Å². The van der Waals surface area contributed by atoms with Gasteiger partial charge in [0, 0.05) is 19.1 Å². The Morgan fingerprint density at radius 2 is 1.84 bits per heavy atom. The van der Waals surface area contributed by atoms with Crippen molar-refractivity contribution in [3.05, 3.63) is 29.8 Å². The van der Waals surface area contributed by atoms with Crippen LogP contribution in [0.3, 0.4) is 0 Å². The molecule has 0 aromatic heterocycles. The van der Waals surface area contributed by atoms with Crippen LogP contribution in [0.4, 0.5) is 0 Å². The van der Waals surface area contributed by atoms with Crippen LogP contribution >= 0.6 is 0 Å². The minimum Gasteiger partial charge on any atom is -0.508 e. The van der Waals surface area contributed by atoms with Crippen LogP contribution in [0.5, 0.6) is 5.75 Å². The van der Waals surface area contributed by atoms with Crippen molar-refractivity contribution in [2.24, 2.45) is 5.92 Å². The molecule has 2 rings (SSSR count). The van der Waals surface area contributed by atoms with Gasteiger partial charge in [0.1, 0.15) is 5.75 Å². The van der Waals surface area contributed by atoms with Gasteiger partial charge in [0.25, 0.3) is 0 Å². The van der Waals surface area contributed by atoms with Crippen LogP contribution in [-0.4, -0.2) is 35.7 Å². The van der Waals surface area contributed by atoms with Crippen molar-refractivity contribution in [1.82, 2.24) is 10.2 Å². The third-order valence-electron chi connectivity index (χ3n) is 4.00. The fourth-order valence-corrected chi connectivity index (χ4v) is 2.69. The molecule has 1 saturated heterocycles. The highest BCUT2D eigenvalue weighted by Crippen LogP contribution is 2.18. The van der Waals surface area contributed by atoms with Crippen LogP contribution < -0.4 is 5.32 Å². The molecule has 0 bridgehead atoms. The normalized spacial score (nSPS) is 17.3. The first-order valence-electron chi connectivity index (χ1n) is 7.38. The van der Waals surface area contributed by atoms with Crippen molar-refractivity contribution in [1.29, 1.82) is 0 Å². The summed E-state index contributed by atoms with van der Waals surface area (Å²) in [6.07, 6.45) is 2.58. The SMILES string of the molecule is CC(C)N(Cc1ccc(O)cc1)CC1CCNCC1. The number of phenolic OH excluding ortho intramolecular Hbond substituents is 1. The number of hydrogen-bond donors (Lipinski definition) is 2. The number of hydrogen-bond acceptors (Lipinski definition) is 3. The van der Waals surface area contributed by atoms with Gasteiger partial charge in [-0.15, -0.1) is 0 Å². The lowest BCUT2D eigenvalue weighted by molar-refractivity contribution is 0.162. The second kappa shape index (κ2) is 6.92. The summed E-state index contributed by atoms with van der Waals surface area (Å²) in [6.45, 7) is 9.01. The standard InChI is InChI=1S/C16H26N2O/c1-13(2)18(12-15-7-9-17-10-8-15)11-14-3-5-16(19)6-4-14/h3-6,13,15,17,19H,7-12H2,1-2H3. The molecule has 2 N–H and O–H groups in total. The Labute approximate surface area is 116 Å². The molecule has 0 unspecified atom stereocenters. The number of nitrogens with one attached hydrogen (secondary N) is 1. The third-order valence-corrected chi connectivity index (χ3v) is 4.00. The van der Waals surface area contributed by atoms with E-state index in [0.29, 0.717) is 11.8 Å². The van der Waals surface area contributed by atoms with E-state index in [1.165, 1.54) is 24.9 Å². The summed E-state index contributed by atoms with van der Waals surface area (Å²) in [6, 6.07) is 8.15. The molecule has 1 heterocycles. The first kappa shape index (κ1) is 14.4. The van der Waals surface area contributed by atoms with Gasteiger partial charge in [-0.3, -0.25) is 4.90 Å². The molecule has 1 fully saturated rings. The minimum absolute atomic E-state index is 0.346. The first-order chi connectivity index (χ1) is 9.15. The second-order valence-corrected chi connectivity index (χ2v) is 5.88. The maximum Gasteiger partial charge on any atom is 0.115 e. The van der Waals surface area contributed by atoms with Crippen LogP contribution in [-0.2, 0) is 6.54 Å². The number of piperidine rings is 1. The maximum absolute atomic E-state index is 9.34. The molecular formula is C16H26N2O. The number of phenols is 1. The van der Waals surface area contributed by atoms with Gasteiger partial charge >= 0.3 is 0 Å². The van der Waals surface area contributed by atoms with E-state index >= 15 is 0 Å². The molecule has 1 aromatic rings. The lowest BCUT2D eigenvalue weighted by Crippen LogP contribution is -2.39. The summed E-state index contributed by atoms with van der Waals surface area (Å²) in [5.41, 5.74) is 1.28. The Bertz CT molecular complexity index is 369. The summed E-state index contributed by atoms with van der Waals surface area (Å²) >= 11 is 0. The zero-order valence-corrected chi connectivity index (χ0v) is 12.1. The molecular weight excluding hydrogens is 236 g/mol. The second-order valence-electron chi connectivity index (χ2n) is 5.88. The van der Waals surface area contributed by atoms with E-state index in [1.807, 2.05) is 12.1 Å². The topological polar surface area (TPSA) is 35.5 Å². The van der Waals surface area contributed by atoms with E-state index in [1.54, 1.807) is 12.1 Å². The van der Waals surface area contributed by atoms with Gasteiger partial charge in [-0.2, -0.15) is 0 Å². The molecule has 3 heteroatoms. The average molecular weight is 262 g/mol. The van der Waals surface area contributed by atoms with Crippen LogP contribution in [0.2, 0.25) is 0 Å². The quantitative estimate of drug-likeness (QED) is 0.856. The third kappa shape index (κ3) is 4.51. The molecule has 0 atom stereocenters. The predicted molar refractivity (Wildman–Crippen MR) is 79.2 cm³/mol. The maximum atomic E-state index is 9.34. The summed E-state index contributed by atoms with van der Waals surface area (Å²) in [7, 11) is 0. The van der Waals surface area contributed by atoms with E-state index in [2.05, 4.69) is 24.1 Å². The number of benzene rings is 1. The van der Waals surface area contributed by atoms with E-state index in [9.17, 15) is 5.11 Å². The molecule has 1 aliphatic heterocycles. The molecule has 1 aromatic carbocycles. The molecule has 19 heavy (non-hydrogen) atoms. The van der Waals surface area contributed by atoms with Gasteiger partial charge in [0.05, 0.1) is 0 Å². The summed E-state index contributed by atoms with van der Waals surface area (Å²) in [5, 5.41) is 12.8. The number of nitrogens with zero attached hydrogens (tertiary/aromatic N) is 1. The molecule has 0 radical (unpaired) electrons. The van der Waals surface area contributed by atoms with Crippen LogP contribution in [0.15, 0.2) is 24.3 Å². The Morgan fingerprint density at radius 3 is 2.42 bits per heavy atom. The smallest absolute Gasteiger partial charge is 0.115 e. The fourth-order valence-electron chi connectivity index (χ4n) is 2.69. The molecule has 3 nitrogen and oxygen atoms in total. The van der Waals surface area contributed by atoms with Crippen molar-refractivity contribution in [3.8, 4) is 5.75 Å². The van der Waals surface area contributed by atoms with E-state index in [-0.39, 0.29) is 0 Å². The molecule has 106 valence electrons. The number of aromatic hydroxyl groups is 1. The van der Waals surface area contributed by atoms with Gasteiger partial charge in [-0.25, -0.2) is 0 Å². The highest BCUT2D eigenvalue weighted by molar-refractivity contribution is 5.25. The molecule has 0 amide bonds. The Morgan fingerprint density at radius 1 is 1.21 bits per heavy atom. The summed E-state index contributed by atoms with van der Waals surface area (Å²) in [5.74, 6) is 1.17. The van der Waals surface area contributed by atoms with Crippen LogP contribution in [0.25, 0.3) is 0 Å². The monoisotopic (exact) mass is 262 g/mol. The minimum atomic E-state index is 0.346. The zero-order chi connectivity index (χ0) is 13.7. The van der Waals surface area contributed by atoms with Crippen molar-refractivity contribution >= 4 is 0 Å². The van der Waals surface area contributed by atoms with Crippen LogP contribution in [0, 0.1) is 5.92 Å². The van der Waals surface area contributed by atoms with E-state index in [0.717, 1.165) is 25.6 Å². The Balaban J connectivity index is 1.93. The largest absolute Gasteiger partial charge is 0.508 e.